The second kappa shape index (κ2) is 5.35. The van der Waals surface area contributed by atoms with Crippen LogP contribution in [0.25, 0.3) is 0 Å². The molecule has 2 N–H and O–H groups in total. The third-order valence-electron chi connectivity index (χ3n) is 2.36. The number of rotatable bonds is 3. The van der Waals surface area contributed by atoms with E-state index in [0.29, 0.717) is 22.3 Å². The molecule has 0 saturated carbocycles. The van der Waals surface area contributed by atoms with Gasteiger partial charge in [0, 0.05) is 22.8 Å². The average molecular weight is 314 g/mol. The molecule has 0 heterocycles. The van der Waals surface area contributed by atoms with E-state index in [-0.39, 0.29) is 11.6 Å². The van der Waals surface area contributed by atoms with Gasteiger partial charge < -0.3 is 10.4 Å². The number of phenols is 1. The quantitative estimate of drug-likeness (QED) is 0.896. The van der Waals surface area contributed by atoms with Crippen LogP contribution in [0.3, 0.4) is 0 Å². The van der Waals surface area contributed by atoms with E-state index in [0.717, 1.165) is 6.07 Å². The molecule has 0 fully saturated rings. The highest BCUT2D eigenvalue weighted by Gasteiger charge is 2.03. The summed E-state index contributed by atoms with van der Waals surface area (Å²) in [5, 5.41) is 12.3. The zero-order chi connectivity index (χ0) is 13.1. The van der Waals surface area contributed by atoms with Crippen molar-refractivity contribution in [2.45, 2.75) is 6.54 Å². The summed E-state index contributed by atoms with van der Waals surface area (Å²) < 4.78 is 26.5. The van der Waals surface area contributed by atoms with Gasteiger partial charge in [-0.25, -0.2) is 8.78 Å². The number of benzene rings is 2. The van der Waals surface area contributed by atoms with Crippen molar-refractivity contribution in [1.82, 2.24) is 0 Å². The highest BCUT2D eigenvalue weighted by molar-refractivity contribution is 9.10. The molecule has 0 aliphatic heterocycles. The summed E-state index contributed by atoms with van der Waals surface area (Å²) in [5.41, 5.74) is 1.30. The van der Waals surface area contributed by atoms with E-state index in [1.54, 1.807) is 6.07 Å². The smallest absolute Gasteiger partial charge is 0.127 e. The topological polar surface area (TPSA) is 32.3 Å². The van der Waals surface area contributed by atoms with E-state index >= 15 is 0 Å². The number of nitrogens with one attached hydrogen (secondary N) is 1. The third kappa shape index (κ3) is 3.20. The molecule has 2 rings (SSSR count). The first-order chi connectivity index (χ1) is 8.54. The van der Waals surface area contributed by atoms with Gasteiger partial charge in [-0.3, -0.25) is 0 Å². The Morgan fingerprint density at radius 1 is 1.06 bits per heavy atom. The predicted octanol–water partition coefficient (Wildman–Crippen LogP) is 4.05. The number of halogens is 3. The highest BCUT2D eigenvalue weighted by Crippen LogP contribution is 2.24. The largest absolute Gasteiger partial charge is 0.508 e. The molecule has 0 unspecified atom stereocenters. The second-order valence-electron chi connectivity index (χ2n) is 3.80. The summed E-state index contributed by atoms with van der Waals surface area (Å²) in [5.74, 6) is -0.953. The summed E-state index contributed by atoms with van der Waals surface area (Å²) in [6.07, 6.45) is 0. The molecule has 2 aromatic rings. The van der Waals surface area contributed by atoms with E-state index in [4.69, 9.17) is 0 Å². The number of aromatic hydroxyl groups is 1. The Morgan fingerprint density at radius 2 is 1.83 bits per heavy atom. The molecule has 2 nitrogen and oxygen atoms in total. The number of hydrogen-bond donors (Lipinski definition) is 2. The summed E-state index contributed by atoms with van der Waals surface area (Å²) in [7, 11) is 0. The molecule has 0 spiro atoms. The van der Waals surface area contributed by atoms with Gasteiger partial charge in [0.15, 0.2) is 0 Å². The van der Waals surface area contributed by atoms with Crippen molar-refractivity contribution in [2.75, 3.05) is 5.32 Å². The van der Waals surface area contributed by atoms with Crippen molar-refractivity contribution < 1.29 is 13.9 Å². The van der Waals surface area contributed by atoms with Gasteiger partial charge in [0.25, 0.3) is 0 Å². The molecule has 0 saturated heterocycles. The van der Waals surface area contributed by atoms with Crippen molar-refractivity contribution in [2.24, 2.45) is 0 Å². The van der Waals surface area contributed by atoms with Crippen molar-refractivity contribution >= 4 is 21.6 Å². The van der Waals surface area contributed by atoms with E-state index in [1.165, 1.54) is 24.3 Å². The normalized spacial score (nSPS) is 10.4. The van der Waals surface area contributed by atoms with Crippen LogP contribution in [0.5, 0.6) is 5.75 Å². The van der Waals surface area contributed by atoms with Gasteiger partial charge in [-0.15, -0.1) is 0 Å². The maximum absolute atomic E-state index is 13.0. The zero-order valence-electron chi connectivity index (χ0n) is 9.25. The molecule has 0 bridgehead atoms. The molecular formula is C13H10BrF2NO. The molecule has 0 radical (unpaired) electrons. The Kier molecular flexibility index (Phi) is 3.81. The predicted molar refractivity (Wildman–Crippen MR) is 69.5 cm³/mol. The Balaban J connectivity index is 2.11. The van der Waals surface area contributed by atoms with Crippen LogP contribution in [0.2, 0.25) is 0 Å². The van der Waals surface area contributed by atoms with E-state index < -0.39 is 5.82 Å². The monoisotopic (exact) mass is 313 g/mol. The second-order valence-corrected chi connectivity index (χ2v) is 4.65. The fourth-order valence-corrected chi connectivity index (χ4v) is 2.06. The molecule has 0 aliphatic carbocycles. The standard InChI is InChI=1S/C13H10BrF2NO/c14-12-6-9(15)1-2-13(12)17-7-8-3-10(16)5-11(18)4-8/h1-6,17-18H,7H2. The molecule has 5 heteroatoms. The van der Waals surface area contributed by atoms with Crippen molar-refractivity contribution in [3.05, 3.63) is 58.1 Å². The van der Waals surface area contributed by atoms with Gasteiger partial charge in [-0.2, -0.15) is 0 Å². The number of anilines is 1. The maximum Gasteiger partial charge on any atom is 0.127 e. The van der Waals surface area contributed by atoms with E-state index in [2.05, 4.69) is 21.2 Å². The Bertz CT molecular complexity index is 555. The summed E-state index contributed by atoms with van der Waals surface area (Å²) in [6.45, 7) is 0.329. The lowest BCUT2D eigenvalue weighted by atomic mass is 10.2. The van der Waals surface area contributed by atoms with Crippen LogP contribution in [0.4, 0.5) is 14.5 Å². The SMILES string of the molecule is Oc1cc(F)cc(CNc2ccc(F)cc2Br)c1. The Hall–Kier alpha value is -1.62. The average Bonchev–Trinajstić information content (AvgIpc) is 2.26. The van der Waals surface area contributed by atoms with Crippen LogP contribution >= 0.6 is 15.9 Å². The van der Waals surface area contributed by atoms with Gasteiger partial charge >= 0.3 is 0 Å². The molecular weight excluding hydrogens is 304 g/mol. The molecule has 0 aliphatic rings. The minimum atomic E-state index is -0.495. The first-order valence-corrected chi connectivity index (χ1v) is 6.01. The van der Waals surface area contributed by atoms with E-state index in [9.17, 15) is 13.9 Å². The highest BCUT2D eigenvalue weighted by atomic mass is 79.9. The van der Waals surface area contributed by atoms with Crippen LogP contribution in [0.1, 0.15) is 5.56 Å². The number of hydrogen-bond acceptors (Lipinski definition) is 2. The van der Waals surface area contributed by atoms with Gasteiger partial charge in [-0.1, -0.05) is 0 Å². The molecule has 0 atom stereocenters. The minimum absolute atomic E-state index is 0.120. The fraction of sp³-hybridized carbons (Fsp3) is 0.0769. The minimum Gasteiger partial charge on any atom is -0.508 e. The van der Waals surface area contributed by atoms with Gasteiger partial charge in [-0.05, 0) is 51.8 Å². The summed E-state index contributed by atoms with van der Waals surface area (Å²) in [6, 6.07) is 8.08. The molecule has 0 aromatic heterocycles. The summed E-state index contributed by atoms with van der Waals surface area (Å²) in [4.78, 5) is 0. The van der Waals surface area contributed by atoms with Crippen molar-refractivity contribution in [3.63, 3.8) is 0 Å². The van der Waals surface area contributed by atoms with Crippen LogP contribution in [0.15, 0.2) is 40.9 Å². The van der Waals surface area contributed by atoms with Crippen molar-refractivity contribution in [1.29, 1.82) is 0 Å². The summed E-state index contributed by atoms with van der Waals surface area (Å²) >= 11 is 3.22. The molecule has 94 valence electrons. The third-order valence-corrected chi connectivity index (χ3v) is 3.01. The van der Waals surface area contributed by atoms with Crippen molar-refractivity contribution in [3.8, 4) is 5.75 Å². The molecule has 18 heavy (non-hydrogen) atoms. The first-order valence-electron chi connectivity index (χ1n) is 5.22. The fourth-order valence-electron chi connectivity index (χ4n) is 1.57. The van der Waals surface area contributed by atoms with Gasteiger partial charge in [0.05, 0.1) is 0 Å². The first kappa shape index (κ1) is 12.8. The Morgan fingerprint density at radius 3 is 2.50 bits per heavy atom. The molecule has 2 aromatic carbocycles. The van der Waals surface area contributed by atoms with Gasteiger partial charge in [0.1, 0.15) is 17.4 Å². The maximum atomic E-state index is 13.0. The van der Waals surface area contributed by atoms with Crippen LogP contribution < -0.4 is 5.32 Å². The van der Waals surface area contributed by atoms with Gasteiger partial charge in [0.2, 0.25) is 0 Å². The lowest BCUT2D eigenvalue weighted by molar-refractivity contribution is 0.468. The lowest BCUT2D eigenvalue weighted by Crippen LogP contribution is -2.00. The van der Waals surface area contributed by atoms with Crippen LogP contribution in [0, 0.1) is 11.6 Å². The Labute approximate surface area is 111 Å². The molecule has 0 amide bonds. The number of phenolic OH excluding ortho intramolecular Hbond substituents is 1. The van der Waals surface area contributed by atoms with Crippen LogP contribution in [-0.2, 0) is 6.54 Å². The van der Waals surface area contributed by atoms with Crippen LogP contribution in [-0.4, -0.2) is 5.11 Å². The van der Waals surface area contributed by atoms with E-state index in [1.807, 2.05) is 0 Å². The zero-order valence-corrected chi connectivity index (χ0v) is 10.8. The lowest BCUT2D eigenvalue weighted by Gasteiger charge is -2.09.